The van der Waals surface area contributed by atoms with Crippen molar-refractivity contribution in [3.05, 3.63) is 16.1 Å². The maximum absolute atomic E-state index is 12.4. The summed E-state index contributed by atoms with van der Waals surface area (Å²) in [6, 6.07) is -0.0523. The average molecular weight is 266 g/mol. The molecule has 17 heavy (non-hydrogen) atoms. The summed E-state index contributed by atoms with van der Waals surface area (Å²) in [5.74, 6) is 0.239. The number of hydrogen-bond acceptors (Lipinski definition) is 3. The van der Waals surface area contributed by atoms with Crippen LogP contribution in [-0.4, -0.2) is 11.5 Å². The first kappa shape index (κ1) is 14.4. The predicted octanol–water partition coefficient (Wildman–Crippen LogP) is 3.86. The summed E-state index contributed by atoms with van der Waals surface area (Å²) in [7, 11) is 0. The highest BCUT2D eigenvalue weighted by atomic mass is 32.1. The Kier molecular flexibility index (Phi) is 4.94. The Hall–Kier alpha value is -0.620. The van der Waals surface area contributed by atoms with Gasteiger partial charge in [0, 0.05) is 17.1 Å². The molecule has 6 heteroatoms. The van der Waals surface area contributed by atoms with E-state index < -0.39 is 11.2 Å². The van der Waals surface area contributed by atoms with Gasteiger partial charge in [-0.1, -0.05) is 20.8 Å². The highest BCUT2D eigenvalue weighted by Gasteiger charge is 2.35. The van der Waals surface area contributed by atoms with Crippen LogP contribution >= 0.6 is 11.3 Å². The summed E-state index contributed by atoms with van der Waals surface area (Å²) < 4.78 is 37.3. The molecular formula is C11H17F3N2S. The van der Waals surface area contributed by atoms with Crippen molar-refractivity contribution in [2.45, 2.75) is 39.4 Å². The monoisotopic (exact) mass is 266 g/mol. The molecule has 1 rings (SSSR count). The molecule has 2 nitrogen and oxygen atoms in total. The molecule has 0 spiro atoms. The summed E-state index contributed by atoms with van der Waals surface area (Å²) in [5, 5.41) is 2.49. The smallest absolute Gasteiger partial charge is 0.309 e. The summed E-state index contributed by atoms with van der Waals surface area (Å²) in [6.07, 6.45) is -2.05. The quantitative estimate of drug-likeness (QED) is 0.875. The van der Waals surface area contributed by atoms with E-state index in [1.165, 1.54) is 6.20 Å². The molecule has 1 atom stereocenters. The average Bonchev–Trinajstić information content (AvgIpc) is 2.66. The zero-order valence-electron chi connectivity index (χ0n) is 10.1. The number of halogens is 3. The number of hydrogen-bond donors (Lipinski definition) is 1. The van der Waals surface area contributed by atoms with Crippen LogP contribution in [0.4, 0.5) is 13.2 Å². The van der Waals surface area contributed by atoms with Crippen molar-refractivity contribution in [3.63, 3.8) is 0 Å². The zero-order valence-corrected chi connectivity index (χ0v) is 11.0. The second-order valence-electron chi connectivity index (χ2n) is 4.24. The minimum absolute atomic E-state index is 0.0523. The molecule has 1 aromatic heterocycles. The molecule has 0 bridgehead atoms. The van der Waals surface area contributed by atoms with E-state index in [9.17, 15) is 13.2 Å². The van der Waals surface area contributed by atoms with Gasteiger partial charge in [-0.15, -0.1) is 11.3 Å². The lowest BCUT2D eigenvalue weighted by Crippen LogP contribution is -2.25. The van der Waals surface area contributed by atoms with E-state index >= 15 is 0 Å². The summed E-state index contributed by atoms with van der Waals surface area (Å²) in [4.78, 5) is 4.11. The van der Waals surface area contributed by atoms with Gasteiger partial charge >= 0.3 is 6.18 Å². The van der Waals surface area contributed by atoms with Gasteiger partial charge in [-0.3, -0.25) is 0 Å². The second-order valence-corrected chi connectivity index (χ2v) is 5.30. The van der Waals surface area contributed by atoms with Crippen LogP contribution in [0.15, 0.2) is 6.20 Å². The van der Waals surface area contributed by atoms with Crippen LogP contribution in [0.3, 0.4) is 0 Å². The Bertz CT molecular complexity index is 347. The standard InChI is InChI=1S/C11H17F3N2S/c1-4-5-15-9(7(2)3)8-6-16-10(17-8)11(12,13)14/h6-7,9,15H,4-5H2,1-3H3. The Morgan fingerprint density at radius 1 is 1.41 bits per heavy atom. The van der Waals surface area contributed by atoms with E-state index in [2.05, 4.69) is 10.3 Å². The lowest BCUT2D eigenvalue weighted by molar-refractivity contribution is -0.137. The first-order valence-corrected chi connectivity index (χ1v) is 6.44. The maximum atomic E-state index is 12.4. The first-order valence-electron chi connectivity index (χ1n) is 5.62. The van der Waals surface area contributed by atoms with Gasteiger partial charge in [0.15, 0.2) is 5.01 Å². The third-order valence-electron chi connectivity index (χ3n) is 2.35. The van der Waals surface area contributed by atoms with Crippen molar-refractivity contribution < 1.29 is 13.2 Å². The Morgan fingerprint density at radius 3 is 2.47 bits per heavy atom. The largest absolute Gasteiger partial charge is 0.443 e. The molecule has 0 saturated carbocycles. The van der Waals surface area contributed by atoms with E-state index in [1.807, 2.05) is 20.8 Å². The lowest BCUT2D eigenvalue weighted by Gasteiger charge is -2.20. The highest BCUT2D eigenvalue weighted by Crippen LogP contribution is 2.35. The molecule has 1 N–H and O–H groups in total. The molecule has 0 aliphatic rings. The van der Waals surface area contributed by atoms with Gasteiger partial charge in [0.25, 0.3) is 0 Å². The molecule has 0 aromatic carbocycles. The van der Waals surface area contributed by atoms with Crippen LogP contribution in [0.2, 0.25) is 0 Å². The number of nitrogens with zero attached hydrogens (tertiary/aromatic N) is 1. The Balaban J connectivity index is 2.84. The van der Waals surface area contributed by atoms with Crippen molar-refractivity contribution in [2.24, 2.45) is 5.92 Å². The number of alkyl halides is 3. The zero-order chi connectivity index (χ0) is 13.1. The lowest BCUT2D eigenvalue weighted by atomic mass is 10.0. The fourth-order valence-electron chi connectivity index (χ4n) is 1.53. The number of thiazole rings is 1. The van der Waals surface area contributed by atoms with Crippen molar-refractivity contribution >= 4 is 11.3 Å². The van der Waals surface area contributed by atoms with Crippen LogP contribution < -0.4 is 5.32 Å². The van der Waals surface area contributed by atoms with Crippen LogP contribution in [0.25, 0.3) is 0 Å². The molecule has 0 saturated heterocycles. The second kappa shape index (κ2) is 5.82. The molecule has 0 aliphatic carbocycles. The van der Waals surface area contributed by atoms with E-state index in [0.717, 1.165) is 24.3 Å². The third-order valence-corrected chi connectivity index (χ3v) is 3.48. The molecule has 98 valence electrons. The van der Waals surface area contributed by atoms with Gasteiger partial charge in [-0.2, -0.15) is 13.2 Å². The SMILES string of the molecule is CCCNC(c1cnc(C(F)(F)F)s1)C(C)C. The van der Waals surface area contributed by atoms with Gasteiger partial charge in [-0.05, 0) is 18.9 Å². The Morgan fingerprint density at radius 2 is 2.06 bits per heavy atom. The van der Waals surface area contributed by atoms with Gasteiger partial charge < -0.3 is 5.32 Å². The Labute approximate surface area is 103 Å². The van der Waals surface area contributed by atoms with Crippen molar-refractivity contribution in [1.29, 1.82) is 0 Å². The fraction of sp³-hybridized carbons (Fsp3) is 0.727. The fourth-order valence-corrected chi connectivity index (χ4v) is 2.56. The van der Waals surface area contributed by atoms with Crippen LogP contribution in [0.5, 0.6) is 0 Å². The maximum Gasteiger partial charge on any atom is 0.443 e. The van der Waals surface area contributed by atoms with E-state index in [4.69, 9.17) is 0 Å². The van der Waals surface area contributed by atoms with Crippen LogP contribution in [0.1, 0.15) is 43.1 Å². The van der Waals surface area contributed by atoms with Crippen LogP contribution in [0, 0.1) is 5.92 Å². The van der Waals surface area contributed by atoms with E-state index in [-0.39, 0.29) is 12.0 Å². The van der Waals surface area contributed by atoms with Crippen molar-refractivity contribution in [3.8, 4) is 0 Å². The number of aromatic nitrogens is 1. The minimum Gasteiger partial charge on any atom is -0.309 e. The molecule has 0 amide bonds. The van der Waals surface area contributed by atoms with E-state index in [0.29, 0.717) is 4.88 Å². The van der Waals surface area contributed by atoms with Gasteiger partial charge in [0.1, 0.15) is 0 Å². The molecule has 1 unspecified atom stereocenters. The predicted molar refractivity (Wildman–Crippen MR) is 63.0 cm³/mol. The molecular weight excluding hydrogens is 249 g/mol. The highest BCUT2D eigenvalue weighted by molar-refractivity contribution is 7.11. The van der Waals surface area contributed by atoms with Gasteiger partial charge in [0.2, 0.25) is 0 Å². The van der Waals surface area contributed by atoms with Crippen molar-refractivity contribution in [1.82, 2.24) is 10.3 Å². The summed E-state index contributed by atoms with van der Waals surface area (Å²) in [6.45, 7) is 6.79. The molecule has 0 aliphatic heterocycles. The summed E-state index contributed by atoms with van der Waals surface area (Å²) >= 11 is 0.728. The van der Waals surface area contributed by atoms with Crippen LogP contribution in [-0.2, 0) is 6.18 Å². The molecule has 1 aromatic rings. The number of nitrogens with one attached hydrogen (secondary N) is 1. The number of rotatable bonds is 5. The first-order chi connectivity index (χ1) is 7.86. The normalized spacial score (nSPS) is 14.3. The van der Waals surface area contributed by atoms with Gasteiger partial charge in [-0.25, -0.2) is 4.98 Å². The van der Waals surface area contributed by atoms with E-state index in [1.54, 1.807) is 0 Å². The minimum atomic E-state index is -4.34. The summed E-state index contributed by atoms with van der Waals surface area (Å²) in [5.41, 5.74) is 0. The molecule has 1 heterocycles. The van der Waals surface area contributed by atoms with Gasteiger partial charge in [0.05, 0.1) is 0 Å². The molecule has 0 radical (unpaired) electrons. The third kappa shape index (κ3) is 3.96. The molecule has 0 fully saturated rings. The van der Waals surface area contributed by atoms with Crippen molar-refractivity contribution in [2.75, 3.05) is 6.54 Å². The topological polar surface area (TPSA) is 24.9 Å².